The molecule has 4 heteroatoms. The predicted octanol–water partition coefficient (Wildman–Crippen LogP) is 3.20. The van der Waals surface area contributed by atoms with Gasteiger partial charge in [0.05, 0.1) is 26.1 Å². The zero-order chi connectivity index (χ0) is 15.6. The molecule has 1 fully saturated rings. The summed E-state index contributed by atoms with van der Waals surface area (Å²) in [6.45, 7) is 8.50. The molecule has 0 radical (unpaired) electrons. The highest BCUT2D eigenvalue weighted by molar-refractivity contribution is 5.23. The Morgan fingerprint density at radius 3 is 2.64 bits per heavy atom. The van der Waals surface area contributed by atoms with E-state index in [-0.39, 0.29) is 5.41 Å². The molecular weight excluding hydrogens is 276 g/mol. The Morgan fingerprint density at radius 2 is 2.00 bits per heavy atom. The zero-order valence-electron chi connectivity index (χ0n) is 13.6. The first kappa shape index (κ1) is 15.3. The molecule has 22 heavy (non-hydrogen) atoms. The fraction of sp³-hybridized carbons (Fsp3) is 0.500. The average Bonchev–Trinajstić information content (AvgIpc) is 2.95. The highest BCUT2D eigenvalue weighted by Crippen LogP contribution is 2.33. The molecule has 0 unspecified atom stereocenters. The van der Waals surface area contributed by atoms with Gasteiger partial charge in [-0.05, 0) is 12.5 Å². The molecular formula is C18H24N2O2. The summed E-state index contributed by atoms with van der Waals surface area (Å²) < 4.78 is 14.5. The normalized spacial score (nSPS) is 20.0. The van der Waals surface area contributed by atoms with E-state index in [0.717, 1.165) is 6.42 Å². The lowest BCUT2D eigenvalue weighted by molar-refractivity contribution is -0.304. The van der Waals surface area contributed by atoms with E-state index in [1.165, 1.54) is 11.1 Å². The first-order chi connectivity index (χ1) is 10.5. The molecule has 0 N–H and O–H groups in total. The van der Waals surface area contributed by atoms with E-state index in [1.54, 1.807) is 6.20 Å². The SMILES string of the molecule is Cc1cccc(CC2(Cn3ccnc3)OCC(C)(C)CO2)c1. The molecule has 4 nitrogen and oxygen atoms in total. The second-order valence-electron chi connectivity index (χ2n) is 7.05. The molecule has 1 aromatic carbocycles. The molecule has 0 spiro atoms. The smallest absolute Gasteiger partial charge is 0.190 e. The zero-order valence-corrected chi connectivity index (χ0v) is 13.6. The van der Waals surface area contributed by atoms with E-state index < -0.39 is 5.79 Å². The van der Waals surface area contributed by atoms with Gasteiger partial charge in [-0.1, -0.05) is 43.7 Å². The van der Waals surface area contributed by atoms with E-state index in [9.17, 15) is 0 Å². The fourth-order valence-corrected chi connectivity index (χ4v) is 2.78. The Kier molecular flexibility index (Phi) is 4.06. The van der Waals surface area contributed by atoms with Crippen LogP contribution in [-0.4, -0.2) is 28.6 Å². The lowest BCUT2D eigenvalue weighted by Crippen LogP contribution is -2.51. The minimum Gasteiger partial charge on any atom is -0.347 e. The Bertz CT molecular complexity index is 610. The molecule has 2 aromatic rings. The van der Waals surface area contributed by atoms with Crippen molar-refractivity contribution in [3.05, 3.63) is 54.1 Å². The van der Waals surface area contributed by atoms with Crippen LogP contribution in [0.1, 0.15) is 25.0 Å². The van der Waals surface area contributed by atoms with Gasteiger partial charge in [-0.2, -0.15) is 0 Å². The maximum atomic E-state index is 6.23. The number of benzene rings is 1. The van der Waals surface area contributed by atoms with Crippen LogP contribution in [-0.2, 0) is 22.4 Å². The van der Waals surface area contributed by atoms with E-state index in [1.807, 2.05) is 17.1 Å². The van der Waals surface area contributed by atoms with Crippen LogP contribution in [0.25, 0.3) is 0 Å². The minimum absolute atomic E-state index is 0.0606. The van der Waals surface area contributed by atoms with Gasteiger partial charge in [0.15, 0.2) is 5.79 Å². The summed E-state index contributed by atoms with van der Waals surface area (Å²) in [4.78, 5) is 4.12. The van der Waals surface area contributed by atoms with Gasteiger partial charge in [-0.25, -0.2) is 4.98 Å². The van der Waals surface area contributed by atoms with E-state index in [0.29, 0.717) is 19.8 Å². The topological polar surface area (TPSA) is 36.3 Å². The van der Waals surface area contributed by atoms with Crippen LogP contribution in [0.5, 0.6) is 0 Å². The van der Waals surface area contributed by atoms with Crippen molar-refractivity contribution in [3.8, 4) is 0 Å². The van der Waals surface area contributed by atoms with Crippen molar-refractivity contribution in [1.82, 2.24) is 9.55 Å². The highest BCUT2D eigenvalue weighted by atomic mass is 16.7. The Balaban J connectivity index is 1.83. The van der Waals surface area contributed by atoms with Gasteiger partial charge in [0.2, 0.25) is 0 Å². The molecule has 3 rings (SSSR count). The second kappa shape index (κ2) is 5.86. The molecule has 1 aliphatic heterocycles. The number of nitrogens with zero attached hydrogens (tertiary/aromatic N) is 2. The van der Waals surface area contributed by atoms with Crippen molar-refractivity contribution in [3.63, 3.8) is 0 Å². The Labute approximate surface area is 132 Å². The Morgan fingerprint density at radius 1 is 1.23 bits per heavy atom. The molecule has 118 valence electrons. The van der Waals surface area contributed by atoms with Crippen molar-refractivity contribution in [1.29, 1.82) is 0 Å². The van der Waals surface area contributed by atoms with Crippen LogP contribution in [0.15, 0.2) is 43.0 Å². The molecule has 0 atom stereocenters. The maximum absolute atomic E-state index is 6.23. The molecule has 1 aromatic heterocycles. The van der Waals surface area contributed by atoms with Crippen LogP contribution < -0.4 is 0 Å². The summed E-state index contributed by atoms with van der Waals surface area (Å²) in [7, 11) is 0. The summed E-state index contributed by atoms with van der Waals surface area (Å²) >= 11 is 0. The van der Waals surface area contributed by atoms with Crippen LogP contribution >= 0.6 is 0 Å². The second-order valence-corrected chi connectivity index (χ2v) is 7.05. The van der Waals surface area contributed by atoms with Gasteiger partial charge in [0, 0.05) is 24.2 Å². The highest BCUT2D eigenvalue weighted by Gasteiger charge is 2.41. The lowest BCUT2D eigenvalue weighted by atomic mass is 9.93. The summed E-state index contributed by atoms with van der Waals surface area (Å²) in [5, 5.41) is 0. The molecule has 0 aliphatic carbocycles. The Hall–Kier alpha value is -1.65. The van der Waals surface area contributed by atoms with Crippen LogP contribution in [0.4, 0.5) is 0 Å². The standard InChI is InChI=1S/C18H24N2O2/c1-15-5-4-6-16(9-15)10-18(11-20-8-7-19-14-20)21-12-17(2,3)13-22-18/h4-9,14H,10-13H2,1-3H3. The van der Waals surface area contributed by atoms with Gasteiger partial charge in [-0.15, -0.1) is 0 Å². The summed E-state index contributed by atoms with van der Waals surface area (Å²) in [6.07, 6.45) is 6.28. The van der Waals surface area contributed by atoms with Crippen molar-refractivity contribution in [2.75, 3.05) is 13.2 Å². The maximum Gasteiger partial charge on any atom is 0.190 e. The first-order valence-electron chi connectivity index (χ1n) is 7.76. The third-order valence-corrected chi connectivity index (χ3v) is 3.99. The predicted molar refractivity (Wildman–Crippen MR) is 85.5 cm³/mol. The lowest BCUT2D eigenvalue weighted by Gasteiger charge is -2.43. The number of hydrogen-bond donors (Lipinski definition) is 0. The van der Waals surface area contributed by atoms with Gasteiger partial charge in [0.1, 0.15) is 0 Å². The molecule has 1 saturated heterocycles. The van der Waals surface area contributed by atoms with Gasteiger partial charge in [-0.3, -0.25) is 0 Å². The van der Waals surface area contributed by atoms with E-state index in [4.69, 9.17) is 9.47 Å². The number of rotatable bonds is 4. The van der Waals surface area contributed by atoms with E-state index in [2.05, 4.69) is 50.0 Å². The molecule has 0 bridgehead atoms. The largest absolute Gasteiger partial charge is 0.347 e. The van der Waals surface area contributed by atoms with E-state index >= 15 is 0 Å². The third kappa shape index (κ3) is 3.57. The average molecular weight is 300 g/mol. The minimum atomic E-state index is -0.621. The van der Waals surface area contributed by atoms with Crippen LogP contribution in [0.3, 0.4) is 0 Å². The van der Waals surface area contributed by atoms with Crippen LogP contribution in [0, 0.1) is 12.3 Å². The third-order valence-electron chi connectivity index (χ3n) is 3.99. The number of imidazole rings is 1. The van der Waals surface area contributed by atoms with Gasteiger partial charge >= 0.3 is 0 Å². The number of aromatic nitrogens is 2. The van der Waals surface area contributed by atoms with Crippen molar-refractivity contribution in [2.45, 2.75) is 39.5 Å². The number of hydrogen-bond acceptors (Lipinski definition) is 3. The molecule has 2 heterocycles. The first-order valence-corrected chi connectivity index (χ1v) is 7.76. The monoisotopic (exact) mass is 300 g/mol. The molecule has 0 amide bonds. The van der Waals surface area contributed by atoms with Crippen molar-refractivity contribution >= 4 is 0 Å². The molecule has 0 saturated carbocycles. The summed E-state index contributed by atoms with van der Waals surface area (Å²) in [6, 6.07) is 8.53. The summed E-state index contributed by atoms with van der Waals surface area (Å²) in [5.41, 5.74) is 2.55. The van der Waals surface area contributed by atoms with Crippen LogP contribution in [0.2, 0.25) is 0 Å². The fourth-order valence-electron chi connectivity index (χ4n) is 2.78. The van der Waals surface area contributed by atoms with Crippen molar-refractivity contribution < 1.29 is 9.47 Å². The van der Waals surface area contributed by atoms with Crippen molar-refractivity contribution in [2.24, 2.45) is 5.41 Å². The number of ether oxygens (including phenoxy) is 2. The number of aryl methyl sites for hydroxylation is 1. The van der Waals surface area contributed by atoms with Gasteiger partial charge < -0.3 is 14.0 Å². The molecule has 1 aliphatic rings. The summed E-state index contributed by atoms with van der Waals surface area (Å²) in [5.74, 6) is -0.621. The quantitative estimate of drug-likeness (QED) is 0.870. The van der Waals surface area contributed by atoms with Gasteiger partial charge in [0.25, 0.3) is 0 Å².